The Balaban J connectivity index is 1.81. The van der Waals surface area contributed by atoms with Gasteiger partial charge in [0.05, 0.1) is 22.7 Å². The average molecular weight is 364 g/mol. The molecule has 0 saturated carbocycles. The molecular weight excluding hydrogens is 344 g/mol. The predicted molar refractivity (Wildman–Crippen MR) is 101 cm³/mol. The number of aromatic nitrogens is 3. The van der Waals surface area contributed by atoms with Crippen LogP contribution in [0.3, 0.4) is 0 Å². The van der Waals surface area contributed by atoms with Crippen molar-refractivity contribution in [2.45, 2.75) is 39.3 Å². The molecule has 1 aliphatic heterocycles. The Labute approximate surface area is 156 Å². The molecular formula is C20H20N4O3. The lowest BCUT2D eigenvalue weighted by Crippen LogP contribution is -2.14. The second-order valence-electron chi connectivity index (χ2n) is 7.68. The van der Waals surface area contributed by atoms with Crippen molar-refractivity contribution in [2.75, 3.05) is 0 Å². The number of nitrogens with zero attached hydrogens (tertiary/aromatic N) is 4. The second kappa shape index (κ2) is 6.19. The Morgan fingerprint density at radius 1 is 1.22 bits per heavy atom. The fraction of sp³-hybridized carbons (Fsp3) is 0.300. The minimum atomic E-state index is -0.368. The maximum Gasteiger partial charge on any atom is 0.274 e. The first-order valence-electron chi connectivity index (χ1n) is 8.77. The monoisotopic (exact) mass is 364 g/mol. The molecule has 0 spiro atoms. The highest BCUT2D eigenvalue weighted by molar-refractivity contribution is 5.72. The highest BCUT2D eigenvalue weighted by Gasteiger charge is 2.27. The largest absolute Gasteiger partial charge is 0.486 e. The molecule has 0 fully saturated rings. The van der Waals surface area contributed by atoms with Crippen LogP contribution in [0.25, 0.3) is 11.3 Å². The van der Waals surface area contributed by atoms with E-state index in [9.17, 15) is 10.1 Å². The predicted octanol–water partition coefficient (Wildman–Crippen LogP) is 4.09. The summed E-state index contributed by atoms with van der Waals surface area (Å²) in [6, 6.07) is 12.9. The van der Waals surface area contributed by atoms with Crippen molar-refractivity contribution in [3.8, 4) is 17.0 Å². The number of ether oxygens (including phenoxy) is 1. The van der Waals surface area contributed by atoms with E-state index in [1.165, 1.54) is 11.6 Å². The Morgan fingerprint density at radius 2 is 2.00 bits per heavy atom. The van der Waals surface area contributed by atoms with E-state index in [0.29, 0.717) is 12.2 Å². The van der Waals surface area contributed by atoms with Crippen molar-refractivity contribution < 1.29 is 9.66 Å². The van der Waals surface area contributed by atoms with Gasteiger partial charge in [-0.3, -0.25) is 10.1 Å². The van der Waals surface area contributed by atoms with Crippen molar-refractivity contribution in [1.82, 2.24) is 15.0 Å². The van der Waals surface area contributed by atoms with Crippen LogP contribution >= 0.6 is 0 Å². The molecule has 0 bridgehead atoms. The van der Waals surface area contributed by atoms with Gasteiger partial charge in [-0.1, -0.05) is 50.3 Å². The molecule has 0 N–H and O–H groups in total. The zero-order valence-corrected chi connectivity index (χ0v) is 15.5. The quantitative estimate of drug-likeness (QED) is 0.516. The van der Waals surface area contributed by atoms with Gasteiger partial charge in [0, 0.05) is 11.6 Å². The van der Waals surface area contributed by atoms with Crippen molar-refractivity contribution in [3.63, 3.8) is 0 Å². The first kappa shape index (κ1) is 17.2. The molecule has 0 aliphatic carbocycles. The number of rotatable bonds is 3. The van der Waals surface area contributed by atoms with Crippen LogP contribution in [0.1, 0.15) is 37.6 Å². The Hall–Kier alpha value is -3.22. The summed E-state index contributed by atoms with van der Waals surface area (Å²) >= 11 is 0. The summed E-state index contributed by atoms with van der Waals surface area (Å²) in [5.74, 6) is 0.779. The molecule has 0 atom stereocenters. The smallest absolute Gasteiger partial charge is 0.274 e. The Bertz CT molecular complexity index is 1030. The van der Waals surface area contributed by atoms with Gasteiger partial charge in [-0.15, -0.1) is 5.10 Å². The average Bonchev–Trinajstić information content (AvgIpc) is 3.04. The van der Waals surface area contributed by atoms with E-state index in [1.54, 1.807) is 22.9 Å². The van der Waals surface area contributed by atoms with E-state index in [2.05, 4.69) is 43.2 Å². The van der Waals surface area contributed by atoms with Gasteiger partial charge in [0.25, 0.3) is 5.69 Å². The van der Waals surface area contributed by atoms with Gasteiger partial charge >= 0.3 is 0 Å². The molecule has 0 saturated heterocycles. The zero-order chi connectivity index (χ0) is 19.2. The van der Waals surface area contributed by atoms with E-state index >= 15 is 0 Å². The van der Waals surface area contributed by atoms with E-state index < -0.39 is 0 Å². The summed E-state index contributed by atoms with van der Waals surface area (Å²) in [7, 11) is 0. The molecule has 3 aromatic rings. The Kier molecular flexibility index (Phi) is 3.95. The van der Waals surface area contributed by atoms with E-state index in [0.717, 1.165) is 22.7 Å². The van der Waals surface area contributed by atoms with Gasteiger partial charge in [0.15, 0.2) is 0 Å². The van der Waals surface area contributed by atoms with E-state index in [4.69, 9.17) is 4.74 Å². The highest BCUT2D eigenvalue weighted by Crippen LogP contribution is 2.39. The molecule has 0 amide bonds. The molecule has 2 aromatic carbocycles. The van der Waals surface area contributed by atoms with Crippen LogP contribution in [0.4, 0.5) is 5.69 Å². The van der Waals surface area contributed by atoms with E-state index in [1.807, 2.05) is 6.07 Å². The lowest BCUT2D eigenvalue weighted by Gasteiger charge is -2.24. The fourth-order valence-corrected chi connectivity index (χ4v) is 3.29. The number of hydrogen-bond acceptors (Lipinski definition) is 5. The summed E-state index contributed by atoms with van der Waals surface area (Å²) in [5, 5.41) is 19.8. The van der Waals surface area contributed by atoms with Crippen molar-refractivity contribution in [1.29, 1.82) is 0 Å². The van der Waals surface area contributed by atoms with Crippen LogP contribution in [0.5, 0.6) is 5.75 Å². The number of fused-ring (bicyclic) bond motifs is 3. The third-order valence-corrected chi connectivity index (χ3v) is 4.78. The minimum Gasteiger partial charge on any atom is -0.486 e. The van der Waals surface area contributed by atoms with Crippen LogP contribution in [0, 0.1) is 10.1 Å². The van der Waals surface area contributed by atoms with Gasteiger partial charge in [-0.25, -0.2) is 4.68 Å². The van der Waals surface area contributed by atoms with Gasteiger partial charge in [0.1, 0.15) is 18.1 Å². The number of hydrogen-bond donors (Lipinski definition) is 0. The van der Waals surface area contributed by atoms with Gasteiger partial charge in [0.2, 0.25) is 0 Å². The SMILES string of the molecule is CC(C)(C)c1ccc2c(c1)-c1c(nnn1Cc1ccccc1[N+](=O)[O-])CO2. The summed E-state index contributed by atoms with van der Waals surface area (Å²) < 4.78 is 7.55. The van der Waals surface area contributed by atoms with Crippen LogP contribution in [0.2, 0.25) is 0 Å². The maximum absolute atomic E-state index is 11.3. The molecule has 7 nitrogen and oxygen atoms in total. The highest BCUT2D eigenvalue weighted by atomic mass is 16.6. The summed E-state index contributed by atoms with van der Waals surface area (Å²) in [5.41, 5.74) is 4.37. The lowest BCUT2D eigenvalue weighted by molar-refractivity contribution is -0.385. The van der Waals surface area contributed by atoms with Gasteiger partial charge < -0.3 is 4.74 Å². The molecule has 7 heteroatoms. The normalized spacial score (nSPS) is 12.9. The molecule has 1 aromatic heterocycles. The Morgan fingerprint density at radius 3 is 2.74 bits per heavy atom. The lowest BCUT2D eigenvalue weighted by atomic mass is 9.85. The van der Waals surface area contributed by atoms with Crippen molar-refractivity contribution in [3.05, 3.63) is 69.4 Å². The van der Waals surface area contributed by atoms with Crippen LogP contribution < -0.4 is 4.74 Å². The molecule has 4 rings (SSSR count). The third-order valence-electron chi connectivity index (χ3n) is 4.78. The van der Waals surface area contributed by atoms with E-state index in [-0.39, 0.29) is 22.6 Å². The van der Waals surface area contributed by atoms with Gasteiger partial charge in [-0.05, 0) is 23.1 Å². The molecule has 0 radical (unpaired) electrons. The second-order valence-corrected chi connectivity index (χ2v) is 7.68. The molecule has 0 unspecified atom stereocenters. The molecule has 2 heterocycles. The topological polar surface area (TPSA) is 83.1 Å². The number of para-hydroxylation sites is 1. The number of nitro benzene ring substituents is 1. The van der Waals surface area contributed by atoms with Crippen LogP contribution in [0.15, 0.2) is 42.5 Å². The molecule has 138 valence electrons. The summed E-state index contributed by atoms with van der Waals surface area (Å²) in [6.45, 7) is 7.08. The molecule has 1 aliphatic rings. The van der Waals surface area contributed by atoms with Crippen LogP contribution in [-0.2, 0) is 18.6 Å². The zero-order valence-electron chi connectivity index (χ0n) is 15.5. The fourth-order valence-electron chi connectivity index (χ4n) is 3.29. The first-order valence-corrected chi connectivity index (χ1v) is 8.77. The number of benzene rings is 2. The summed E-state index contributed by atoms with van der Waals surface area (Å²) in [6.07, 6.45) is 0. The third kappa shape index (κ3) is 3.05. The summed E-state index contributed by atoms with van der Waals surface area (Å²) in [4.78, 5) is 11.0. The maximum atomic E-state index is 11.3. The minimum absolute atomic E-state index is 0.0108. The van der Waals surface area contributed by atoms with Gasteiger partial charge in [-0.2, -0.15) is 0 Å². The molecule has 27 heavy (non-hydrogen) atoms. The number of nitro groups is 1. The van der Waals surface area contributed by atoms with Crippen LogP contribution in [-0.4, -0.2) is 19.9 Å². The standard InChI is InChI=1S/C20H20N4O3/c1-20(2,3)14-8-9-18-15(10-14)19-16(12-27-18)21-22-23(19)11-13-6-4-5-7-17(13)24(25)26/h4-10H,11-12H2,1-3H3. The first-order chi connectivity index (χ1) is 12.8. The van der Waals surface area contributed by atoms with Crippen molar-refractivity contribution >= 4 is 5.69 Å². The van der Waals surface area contributed by atoms with Crippen molar-refractivity contribution in [2.24, 2.45) is 0 Å².